The maximum atomic E-state index is 13.0. The van der Waals surface area contributed by atoms with Gasteiger partial charge in [-0.3, -0.25) is 24.5 Å². The Morgan fingerprint density at radius 2 is 1.83 bits per heavy atom. The molecule has 3 aliphatic rings. The van der Waals surface area contributed by atoms with Crippen LogP contribution in [0.1, 0.15) is 39.9 Å². The molecule has 0 aliphatic carbocycles. The molecular formula is C25H24BN3O6. The predicted molar refractivity (Wildman–Crippen MR) is 124 cm³/mol. The smallest absolute Gasteiger partial charge is 0.255 e. The highest BCUT2D eigenvalue weighted by atomic mass is 16.5. The van der Waals surface area contributed by atoms with Crippen LogP contribution in [-0.2, 0) is 38.8 Å². The number of ether oxygens (including phenoxy) is 2. The maximum absolute atomic E-state index is 13.0. The van der Waals surface area contributed by atoms with E-state index < -0.39 is 17.9 Å². The Balaban J connectivity index is 1.23. The molecule has 3 heterocycles. The molecule has 3 aliphatic heterocycles. The van der Waals surface area contributed by atoms with Gasteiger partial charge in [0.2, 0.25) is 17.7 Å². The third-order valence-electron chi connectivity index (χ3n) is 6.54. The first-order valence-electron chi connectivity index (χ1n) is 11.5. The maximum Gasteiger partial charge on any atom is 0.255 e. The van der Waals surface area contributed by atoms with Gasteiger partial charge in [0.15, 0.2) is 0 Å². The van der Waals surface area contributed by atoms with Gasteiger partial charge < -0.3 is 19.3 Å². The van der Waals surface area contributed by atoms with Gasteiger partial charge >= 0.3 is 0 Å². The van der Waals surface area contributed by atoms with Gasteiger partial charge in [0.05, 0.1) is 13.2 Å². The van der Waals surface area contributed by atoms with Crippen LogP contribution in [0.2, 0.25) is 0 Å². The third kappa shape index (κ3) is 4.66. The van der Waals surface area contributed by atoms with Crippen LogP contribution < -0.4 is 10.1 Å². The Morgan fingerprint density at radius 3 is 2.57 bits per heavy atom. The number of imide groups is 1. The fraction of sp³-hybridized carbons (Fsp3) is 0.360. The zero-order chi connectivity index (χ0) is 24.5. The number of rotatable bonds is 6. The summed E-state index contributed by atoms with van der Waals surface area (Å²) in [6, 6.07) is 12.3. The van der Waals surface area contributed by atoms with Gasteiger partial charge in [-0.25, -0.2) is 0 Å². The number of carbonyl (C=O) groups excluding carboxylic acids is 4. The first-order chi connectivity index (χ1) is 16.9. The van der Waals surface area contributed by atoms with Crippen molar-refractivity contribution in [1.82, 2.24) is 15.1 Å². The SMILES string of the molecule is [B]C1COCC(=O)N1Cc1ccc(COc2cccc3c2CN(C2CCC(=O)NC2=O)C3=O)cc1. The standard InChI is InChI=1S/C25H24BN3O6/c26-21-13-34-14-23(31)29(21)10-15-4-6-16(7-5-15)12-35-20-3-1-2-17-18(20)11-28(25(17)33)19-8-9-22(30)27-24(19)32/h1-7,19,21H,8-14H2,(H,27,30,32). The summed E-state index contributed by atoms with van der Waals surface area (Å²) in [6.45, 7) is 1.32. The first kappa shape index (κ1) is 23.1. The average molecular weight is 473 g/mol. The lowest BCUT2D eigenvalue weighted by Gasteiger charge is -2.33. The van der Waals surface area contributed by atoms with E-state index in [0.717, 1.165) is 16.7 Å². The molecule has 2 fully saturated rings. The highest BCUT2D eigenvalue weighted by Crippen LogP contribution is 2.34. The lowest BCUT2D eigenvalue weighted by atomic mass is 9.93. The molecule has 2 unspecified atom stereocenters. The van der Waals surface area contributed by atoms with Crippen molar-refractivity contribution in [1.29, 1.82) is 0 Å². The van der Waals surface area contributed by atoms with Crippen LogP contribution in [0.4, 0.5) is 0 Å². The van der Waals surface area contributed by atoms with Crippen molar-refractivity contribution >= 4 is 31.5 Å². The Hall–Kier alpha value is -3.66. The van der Waals surface area contributed by atoms with Crippen molar-refractivity contribution in [3.05, 3.63) is 64.7 Å². The van der Waals surface area contributed by atoms with Crippen LogP contribution in [0.25, 0.3) is 0 Å². The molecule has 2 aromatic carbocycles. The second-order valence-electron chi connectivity index (χ2n) is 8.89. The zero-order valence-electron chi connectivity index (χ0n) is 19.1. The summed E-state index contributed by atoms with van der Waals surface area (Å²) in [7, 11) is 5.98. The summed E-state index contributed by atoms with van der Waals surface area (Å²) >= 11 is 0. The second kappa shape index (κ2) is 9.54. The molecule has 9 nitrogen and oxygen atoms in total. The average Bonchev–Trinajstić information content (AvgIpc) is 3.18. The summed E-state index contributed by atoms with van der Waals surface area (Å²) in [5.74, 6) is -0.994. The first-order valence-corrected chi connectivity index (χ1v) is 11.5. The van der Waals surface area contributed by atoms with E-state index in [0.29, 0.717) is 37.5 Å². The molecule has 2 saturated heterocycles. The van der Waals surface area contributed by atoms with Crippen LogP contribution in [0.5, 0.6) is 5.75 Å². The molecule has 0 spiro atoms. The monoisotopic (exact) mass is 473 g/mol. The molecule has 35 heavy (non-hydrogen) atoms. The molecule has 0 aromatic heterocycles. The number of hydrogen-bond donors (Lipinski definition) is 1. The molecule has 2 radical (unpaired) electrons. The molecular weight excluding hydrogens is 449 g/mol. The van der Waals surface area contributed by atoms with E-state index in [9.17, 15) is 19.2 Å². The van der Waals surface area contributed by atoms with Crippen LogP contribution in [0.3, 0.4) is 0 Å². The molecule has 2 atom stereocenters. The summed E-state index contributed by atoms with van der Waals surface area (Å²) in [6.07, 6.45) is 0.523. The van der Waals surface area contributed by atoms with Crippen LogP contribution in [0.15, 0.2) is 42.5 Å². The van der Waals surface area contributed by atoms with Gasteiger partial charge in [-0.15, -0.1) is 0 Å². The van der Waals surface area contributed by atoms with Gasteiger partial charge in [0, 0.05) is 30.0 Å². The molecule has 5 rings (SSSR count). The van der Waals surface area contributed by atoms with Gasteiger partial charge in [-0.1, -0.05) is 30.3 Å². The minimum Gasteiger partial charge on any atom is -0.489 e. The van der Waals surface area contributed by atoms with Crippen LogP contribution in [-0.4, -0.2) is 66.5 Å². The van der Waals surface area contributed by atoms with E-state index in [1.54, 1.807) is 23.1 Å². The molecule has 1 N–H and O–H groups in total. The second-order valence-corrected chi connectivity index (χ2v) is 8.89. The lowest BCUT2D eigenvalue weighted by Crippen LogP contribution is -2.52. The number of nitrogens with one attached hydrogen (secondary N) is 1. The molecule has 4 amide bonds. The summed E-state index contributed by atoms with van der Waals surface area (Å²) in [5.41, 5.74) is 3.12. The van der Waals surface area contributed by atoms with Gasteiger partial charge in [-0.2, -0.15) is 0 Å². The van der Waals surface area contributed by atoms with Crippen LogP contribution >= 0.6 is 0 Å². The number of fused-ring (bicyclic) bond motifs is 1. The van der Waals surface area contributed by atoms with Crippen molar-refractivity contribution in [3.63, 3.8) is 0 Å². The van der Waals surface area contributed by atoms with Crippen molar-refractivity contribution in [2.75, 3.05) is 13.2 Å². The highest BCUT2D eigenvalue weighted by molar-refractivity contribution is 6.13. The van der Waals surface area contributed by atoms with E-state index >= 15 is 0 Å². The minimum absolute atomic E-state index is 0.0461. The van der Waals surface area contributed by atoms with Gasteiger partial charge in [0.1, 0.15) is 32.9 Å². The summed E-state index contributed by atoms with van der Waals surface area (Å²) in [5, 5.41) is 2.31. The number of morpholine rings is 1. The van der Waals surface area contributed by atoms with Gasteiger partial charge in [-0.05, 0) is 29.7 Å². The van der Waals surface area contributed by atoms with Crippen molar-refractivity contribution in [2.24, 2.45) is 0 Å². The van der Waals surface area contributed by atoms with Crippen LogP contribution in [0, 0.1) is 0 Å². The normalized spacial score (nSPS) is 22.3. The number of benzene rings is 2. The number of nitrogens with zero attached hydrogens (tertiary/aromatic N) is 2. The quantitative estimate of drug-likeness (QED) is 0.494. The largest absolute Gasteiger partial charge is 0.489 e. The minimum atomic E-state index is -0.667. The molecule has 0 saturated carbocycles. The number of hydrogen-bond acceptors (Lipinski definition) is 6. The fourth-order valence-electron chi connectivity index (χ4n) is 4.62. The Bertz CT molecular complexity index is 1180. The van der Waals surface area contributed by atoms with Crippen molar-refractivity contribution < 1.29 is 28.7 Å². The Morgan fingerprint density at radius 1 is 1.06 bits per heavy atom. The predicted octanol–water partition coefficient (Wildman–Crippen LogP) is 0.880. The van der Waals surface area contributed by atoms with Gasteiger partial charge in [0.25, 0.3) is 5.91 Å². The molecule has 0 bridgehead atoms. The Kier molecular flexibility index (Phi) is 6.30. The molecule has 2 aromatic rings. The van der Waals surface area contributed by atoms with E-state index in [4.69, 9.17) is 17.3 Å². The van der Waals surface area contributed by atoms with Crippen molar-refractivity contribution in [2.45, 2.75) is 44.5 Å². The third-order valence-corrected chi connectivity index (χ3v) is 6.54. The lowest BCUT2D eigenvalue weighted by molar-refractivity contribution is -0.145. The van der Waals surface area contributed by atoms with E-state index in [-0.39, 0.29) is 37.3 Å². The highest BCUT2D eigenvalue weighted by Gasteiger charge is 2.40. The molecule has 10 heteroatoms. The topological polar surface area (TPSA) is 105 Å². The zero-order valence-corrected chi connectivity index (χ0v) is 19.1. The van der Waals surface area contributed by atoms with Crippen molar-refractivity contribution in [3.8, 4) is 5.75 Å². The number of amides is 4. The summed E-state index contributed by atoms with van der Waals surface area (Å²) < 4.78 is 11.2. The molecule has 178 valence electrons. The summed E-state index contributed by atoms with van der Waals surface area (Å²) in [4.78, 5) is 51.9. The number of carbonyl (C=O) groups is 4. The van der Waals surface area contributed by atoms with E-state index in [1.807, 2.05) is 24.3 Å². The fourth-order valence-corrected chi connectivity index (χ4v) is 4.62. The number of piperidine rings is 1. The van der Waals surface area contributed by atoms with E-state index in [1.165, 1.54) is 4.90 Å². The Labute approximate surface area is 203 Å². The van der Waals surface area contributed by atoms with E-state index in [2.05, 4.69) is 5.32 Å².